The Bertz CT molecular complexity index is 641. The molecule has 20 heavy (non-hydrogen) atoms. The number of hydrogen-bond donors (Lipinski definition) is 1. The Morgan fingerprint density at radius 3 is 2.60 bits per heavy atom. The summed E-state index contributed by atoms with van der Waals surface area (Å²) in [5, 5.41) is 3.79. The number of hydrogen-bond acceptors (Lipinski definition) is 2. The lowest BCUT2D eigenvalue weighted by Crippen LogP contribution is -2.25. The summed E-state index contributed by atoms with van der Waals surface area (Å²) in [5.74, 6) is -0.253. The SMILES string of the molecule is O=C(NCCc1cccc(Cl)c1Cl)c1cc(Cl)sc1Cl. The molecule has 0 aliphatic heterocycles. The van der Waals surface area contributed by atoms with Gasteiger partial charge in [0.1, 0.15) is 4.34 Å². The smallest absolute Gasteiger partial charge is 0.253 e. The summed E-state index contributed by atoms with van der Waals surface area (Å²) in [5.41, 5.74) is 1.27. The van der Waals surface area contributed by atoms with E-state index in [1.807, 2.05) is 12.1 Å². The zero-order valence-electron chi connectivity index (χ0n) is 10.1. The summed E-state index contributed by atoms with van der Waals surface area (Å²) in [7, 11) is 0. The van der Waals surface area contributed by atoms with E-state index >= 15 is 0 Å². The van der Waals surface area contributed by atoms with E-state index in [1.165, 1.54) is 0 Å². The highest BCUT2D eigenvalue weighted by atomic mass is 35.5. The number of benzene rings is 1. The minimum Gasteiger partial charge on any atom is -0.352 e. The van der Waals surface area contributed by atoms with Crippen molar-refractivity contribution >= 4 is 63.6 Å². The Labute approximate surface area is 140 Å². The molecule has 2 rings (SSSR count). The van der Waals surface area contributed by atoms with Crippen molar-refractivity contribution in [2.75, 3.05) is 6.54 Å². The van der Waals surface area contributed by atoms with Crippen LogP contribution < -0.4 is 5.32 Å². The van der Waals surface area contributed by atoms with Crippen LogP contribution in [0.3, 0.4) is 0 Å². The van der Waals surface area contributed by atoms with Crippen LogP contribution in [0.25, 0.3) is 0 Å². The highest BCUT2D eigenvalue weighted by molar-refractivity contribution is 7.20. The Morgan fingerprint density at radius 1 is 1.20 bits per heavy atom. The van der Waals surface area contributed by atoms with Gasteiger partial charge in [-0.3, -0.25) is 4.79 Å². The van der Waals surface area contributed by atoms with Crippen molar-refractivity contribution in [3.63, 3.8) is 0 Å². The predicted octanol–water partition coefficient (Wildman–Crippen LogP) is 5.33. The molecule has 0 saturated heterocycles. The molecule has 106 valence electrons. The van der Waals surface area contributed by atoms with Gasteiger partial charge in [0.25, 0.3) is 5.91 Å². The van der Waals surface area contributed by atoms with Gasteiger partial charge in [0.2, 0.25) is 0 Å². The van der Waals surface area contributed by atoms with Gasteiger partial charge in [0, 0.05) is 6.54 Å². The Kier molecular flexibility index (Phi) is 5.58. The fourth-order valence-corrected chi connectivity index (χ4v) is 3.52. The minimum absolute atomic E-state index is 0.253. The fraction of sp³-hybridized carbons (Fsp3) is 0.154. The zero-order chi connectivity index (χ0) is 14.7. The van der Waals surface area contributed by atoms with E-state index in [4.69, 9.17) is 46.4 Å². The first-order chi connectivity index (χ1) is 9.49. The topological polar surface area (TPSA) is 29.1 Å². The van der Waals surface area contributed by atoms with Crippen LogP contribution in [0, 0.1) is 0 Å². The average molecular weight is 369 g/mol. The highest BCUT2D eigenvalue weighted by Crippen LogP contribution is 2.31. The second kappa shape index (κ2) is 7.01. The molecule has 1 aromatic carbocycles. The normalized spacial score (nSPS) is 10.6. The van der Waals surface area contributed by atoms with Gasteiger partial charge in [0.15, 0.2) is 0 Å². The van der Waals surface area contributed by atoms with E-state index in [0.29, 0.717) is 37.2 Å². The molecule has 0 aliphatic rings. The molecule has 0 aliphatic carbocycles. The van der Waals surface area contributed by atoms with Crippen molar-refractivity contribution in [3.05, 3.63) is 54.1 Å². The summed E-state index contributed by atoms with van der Waals surface area (Å²) in [6.07, 6.45) is 0.584. The number of carbonyl (C=O) groups is 1. The predicted molar refractivity (Wildman–Crippen MR) is 86.8 cm³/mol. The maximum absolute atomic E-state index is 11.9. The monoisotopic (exact) mass is 367 g/mol. The summed E-state index contributed by atoms with van der Waals surface area (Å²) in [6, 6.07) is 6.96. The molecule has 0 saturated carbocycles. The van der Waals surface area contributed by atoms with Crippen LogP contribution in [-0.2, 0) is 6.42 Å². The van der Waals surface area contributed by atoms with E-state index in [-0.39, 0.29) is 5.91 Å². The Morgan fingerprint density at radius 2 is 1.95 bits per heavy atom. The number of thiophene rings is 1. The highest BCUT2D eigenvalue weighted by Gasteiger charge is 2.14. The third kappa shape index (κ3) is 3.80. The summed E-state index contributed by atoms with van der Waals surface area (Å²) in [4.78, 5) is 11.9. The first kappa shape index (κ1) is 15.9. The van der Waals surface area contributed by atoms with Gasteiger partial charge in [-0.15, -0.1) is 11.3 Å². The van der Waals surface area contributed by atoms with Gasteiger partial charge < -0.3 is 5.32 Å². The van der Waals surface area contributed by atoms with Crippen LogP contribution in [0.4, 0.5) is 0 Å². The third-order valence-corrected chi connectivity index (χ3v) is 4.96. The Balaban J connectivity index is 1.95. The van der Waals surface area contributed by atoms with Crippen LogP contribution >= 0.6 is 57.7 Å². The van der Waals surface area contributed by atoms with E-state index in [9.17, 15) is 4.79 Å². The molecule has 1 heterocycles. The number of rotatable bonds is 4. The van der Waals surface area contributed by atoms with Gasteiger partial charge in [-0.05, 0) is 24.1 Å². The van der Waals surface area contributed by atoms with Crippen molar-refractivity contribution in [3.8, 4) is 0 Å². The summed E-state index contributed by atoms with van der Waals surface area (Å²) < 4.78 is 0.867. The number of amides is 1. The summed E-state index contributed by atoms with van der Waals surface area (Å²) >= 11 is 24.9. The van der Waals surface area contributed by atoms with Crippen LogP contribution in [0.1, 0.15) is 15.9 Å². The molecule has 0 fully saturated rings. The lowest BCUT2D eigenvalue weighted by Gasteiger charge is -2.07. The van der Waals surface area contributed by atoms with Gasteiger partial charge in [-0.2, -0.15) is 0 Å². The molecule has 1 amide bonds. The molecular weight excluding hydrogens is 360 g/mol. The van der Waals surface area contributed by atoms with Crippen molar-refractivity contribution in [1.82, 2.24) is 5.32 Å². The van der Waals surface area contributed by atoms with Crippen LogP contribution in [0.5, 0.6) is 0 Å². The molecule has 7 heteroatoms. The van der Waals surface area contributed by atoms with Gasteiger partial charge >= 0.3 is 0 Å². The largest absolute Gasteiger partial charge is 0.352 e. The lowest BCUT2D eigenvalue weighted by atomic mass is 10.1. The second-order valence-corrected chi connectivity index (χ2v) is 7.03. The molecule has 1 aromatic heterocycles. The van der Waals surface area contributed by atoms with E-state index in [2.05, 4.69) is 5.32 Å². The molecule has 0 unspecified atom stereocenters. The zero-order valence-corrected chi connectivity index (χ0v) is 13.9. The van der Waals surface area contributed by atoms with Gasteiger partial charge in [0.05, 0.1) is 19.9 Å². The van der Waals surface area contributed by atoms with Crippen LogP contribution in [-0.4, -0.2) is 12.5 Å². The van der Waals surface area contributed by atoms with Crippen LogP contribution in [0.2, 0.25) is 18.7 Å². The molecule has 1 N–H and O–H groups in total. The van der Waals surface area contributed by atoms with Crippen molar-refractivity contribution in [2.45, 2.75) is 6.42 Å². The second-order valence-electron chi connectivity index (χ2n) is 3.96. The average Bonchev–Trinajstić information content (AvgIpc) is 2.73. The van der Waals surface area contributed by atoms with Gasteiger partial charge in [-0.25, -0.2) is 0 Å². The molecule has 2 nitrogen and oxygen atoms in total. The van der Waals surface area contributed by atoms with E-state index in [1.54, 1.807) is 12.1 Å². The standard InChI is InChI=1S/C13H9Cl4NOS/c14-9-3-1-2-7(11(9)16)4-5-18-13(19)8-6-10(15)20-12(8)17/h1-3,6H,4-5H2,(H,18,19). The van der Waals surface area contributed by atoms with Gasteiger partial charge in [-0.1, -0.05) is 58.5 Å². The molecular formula is C13H9Cl4NOS. The third-order valence-electron chi connectivity index (χ3n) is 2.61. The molecule has 2 aromatic rings. The first-order valence-corrected chi connectivity index (χ1v) is 7.98. The minimum atomic E-state index is -0.253. The number of carbonyl (C=O) groups excluding carboxylic acids is 1. The number of halogens is 4. The van der Waals surface area contributed by atoms with Crippen LogP contribution in [0.15, 0.2) is 24.3 Å². The molecule has 0 atom stereocenters. The molecule has 0 radical (unpaired) electrons. The Hall–Kier alpha value is -0.450. The number of nitrogens with one attached hydrogen (secondary N) is 1. The summed E-state index contributed by atoms with van der Waals surface area (Å²) in [6.45, 7) is 0.433. The van der Waals surface area contributed by atoms with E-state index < -0.39 is 0 Å². The lowest BCUT2D eigenvalue weighted by molar-refractivity contribution is 0.0955. The van der Waals surface area contributed by atoms with E-state index in [0.717, 1.165) is 16.9 Å². The molecule has 0 bridgehead atoms. The first-order valence-electron chi connectivity index (χ1n) is 5.65. The quantitative estimate of drug-likeness (QED) is 0.775. The maximum atomic E-state index is 11.9. The van der Waals surface area contributed by atoms with Crippen molar-refractivity contribution < 1.29 is 4.79 Å². The maximum Gasteiger partial charge on any atom is 0.253 e. The fourth-order valence-electron chi connectivity index (χ4n) is 1.64. The molecule has 0 spiro atoms. The van der Waals surface area contributed by atoms with Crippen molar-refractivity contribution in [1.29, 1.82) is 0 Å². The van der Waals surface area contributed by atoms with Crippen molar-refractivity contribution in [2.24, 2.45) is 0 Å².